The topological polar surface area (TPSA) is 98.2 Å². The van der Waals surface area contributed by atoms with Gasteiger partial charge in [0.1, 0.15) is 23.2 Å². The highest BCUT2D eigenvalue weighted by Crippen LogP contribution is 2.37. The SMILES string of the molecule is CCOC(=O)COc1ccc(-c2c(-c3ccc(C)cc3)cnc(N)c2C#N)cc1. The van der Waals surface area contributed by atoms with E-state index in [1.54, 1.807) is 25.3 Å². The third-order valence-corrected chi connectivity index (χ3v) is 4.39. The van der Waals surface area contributed by atoms with Crippen LogP contribution in [0.5, 0.6) is 5.75 Å². The summed E-state index contributed by atoms with van der Waals surface area (Å²) in [6.07, 6.45) is 1.68. The summed E-state index contributed by atoms with van der Waals surface area (Å²) in [5.74, 6) is 0.284. The van der Waals surface area contributed by atoms with Gasteiger partial charge in [-0.15, -0.1) is 0 Å². The molecule has 2 N–H and O–H groups in total. The second kappa shape index (κ2) is 8.89. The van der Waals surface area contributed by atoms with Gasteiger partial charge in [-0.25, -0.2) is 9.78 Å². The van der Waals surface area contributed by atoms with Crippen LogP contribution in [0, 0.1) is 18.3 Å². The lowest BCUT2D eigenvalue weighted by Gasteiger charge is -2.14. The predicted molar refractivity (Wildman–Crippen MR) is 111 cm³/mol. The lowest BCUT2D eigenvalue weighted by Crippen LogP contribution is -2.14. The van der Waals surface area contributed by atoms with E-state index >= 15 is 0 Å². The molecule has 0 saturated carbocycles. The molecule has 0 aliphatic rings. The number of hydrogen-bond donors (Lipinski definition) is 1. The molecule has 0 unspecified atom stereocenters. The van der Waals surface area contributed by atoms with Gasteiger partial charge < -0.3 is 15.2 Å². The van der Waals surface area contributed by atoms with Crippen LogP contribution in [0.25, 0.3) is 22.3 Å². The molecule has 1 aromatic heterocycles. The van der Waals surface area contributed by atoms with Crippen LogP contribution in [0.15, 0.2) is 54.7 Å². The number of rotatable bonds is 6. The van der Waals surface area contributed by atoms with Crippen molar-refractivity contribution >= 4 is 11.8 Å². The number of benzene rings is 2. The summed E-state index contributed by atoms with van der Waals surface area (Å²) in [6.45, 7) is 3.91. The monoisotopic (exact) mass is 387 g/mol. The van der Waals surface area contributed by atoms with Crippen LogP contribution in [-0.4, -0.2) is 24.2 Å². The molecule has 0 bridgehead atoms. The van der Waals surface area contributed by atoms with Gasteiger partial charge in [0, 0.05) is 17.3 Å². The van der Waals surface area contributed by atoms with E-state index in [4.69, 9.17) is 15.2 Å². The highest BCUT2D eigenvalue weighted by atomic mass is 16.6. The van der Waals surface area contributed by atoms with Crippen LogP contribution in [0.3, 0.4) is 0 Å². The normalized spacial score (nSPS) is 10.2. The predicted octanol–water partition coefficient (Wildman–Crippen LogP) is 4.12. The van der Waals surface area contributed by atoms with Gasteiger partial charge in [-0.1, -0.05) is 42.0 Å². The first kappa shape index (κ1) is 19.9. The fraction of sp³-hybridized carbons (Fsp3) is 0.174. The van der Waals surface area contributed by atoms with Crippen LogP contribution >= 0.6 is 0 Å². The summed E-state index contributed by atoms with van der Waals surface area (Å²) >= 11 is 0. The molecule has 29 heavy (non-hydrogen) atoms. The van der Waals surface area contributed by atoms with E-state index in [9.17, 15) is 10.1 Å². The molecule has 6 nitrogen and oxygen atoms in total. The Morgan fingerprint density at radius 2 is 1.76 bits per heavy atom. The first-order valence-corrected chi connectivity index (χ1v) is 9.18. The van der Waals surface area contributed by atoms with Crippen LogP contribution in [0.2, 0.25) is 0 Å². The molecule has 2 aromatic carbocycles. The zero-order valence-corrected chi connectivity index (χ0v) is 16.3. The van der Waals surface area contributed by atoms with Gasteiger partial charge in [0.2, 0.25) is 0 Å². The van der Waals surface area contributed by atoms with E-state index in [1.165, 1.54) is 0 Å². The molecule has 0 amide bonds. The maximum atomic E-state index is 11.4. The largest absolute Gasteiger partial charge is 0.482 e. The van der Waals surface area contributed by atoms with Crippen molar-refractivity contribution in [3.05, 3.63) is 65.9 Å². The van der Waals surface area contributed by atoms with Crippen molar-refractivity contribution in [1.29, 1.82) is 5.26 Å². The van der Waals surface area contributed by atoms with Crippen molar-refractivity contribution < 1.29 is 14.3 Å². The number of esters is 1. The Bertz CT molecular complexity index is 1050. The highest BCUT2D eigenvalue weighted by Gasteiger charge is 2.16. The maximum Gasteiger partial charge on any atom is 0.344 e. The molecule has 0 atom stereocenters. The molecule has 1 heterocycles. The zero-order valence-electron chi connectivity index (χ0n) is 16.3. The van der Waals surface area contributed by atoms with Crippen molar-refractivity contribution in [2.75, 3.05) is 18.9 Å². The van der Waals surface area contributed by atoms with Crippen molar-refractivity contribution in [3.63, 3.8) is 0 Å². The second-order valence-electron chi connectivity index (χ2n) is 6.40. The number of nitrogen functional groups attached to an aromatic ring is 1. The number of nitriles is 1. The number of ether oxygens (including phenoxy) is 2. The Kier molecular flexibility index (Phi) is 6.10. The number of nitrogens with two attached hydrogens (primary N) is 1. The van der Waals surface area contributed by atoms with Gasteiger partial charge in [-0.05, 0) is 37.1 Å². The number of anilines is 1. The number of nitrogens with zero attached hydrogens (tertiary/aromatic N) is 2. The van der Waals surface area contributed by atoms with Gasteiger partial charge in [0.25, 0.3) is 0 Å². The molecule has 146 valence electrons. The van der Waals surface area contributed by atoms with Crippen LogP contribution in [0.4, 0.5) is 5.82 Å². The number of aromatic nitrogens is 1. The summed E-state index contributed by atoms with van der Waals surface area (Å²) in [6, 6.07) is 17.3. The Morgan fingerprint density at radius 3 is 2.38 bits per heavy atom. The lowest BCUT2D eigenvalue weighted by atomic mass is 9.92. The third kappa shape index (κ3) is 4.53. The minimum atomic E-state index is -0.424. The number of carbonyl (C=O) groups excluding carboxylic acids is 1. The molecule has 0 fully saturated rings. The van der Waals surface area contributed by atoms with E-state index in [1.807, 2.05) is 43.3 Å². The molecular weight excluding hydrogens is 366 g/mol. The maximum absolute atomic E-state index is 11.4. The summed E-state index contributed by atoms with van der Waals surface area (Å²) < 4.78 is 10.3. The Morgan fingerprint density at radius 1 is 1.10 bits per heavy atom. The minimum Gasteiger partial charge on any atom is -0.482 e. The second-order valence-corrected chi connectivity index (χ2v) is 6.40. The molecule has 0 saturated heterocycles. The smallest absolute Gasteiger partial charge is 0.344 e. The summed E-state index contributed by atoms with van der Waals surface area (Å²) in [5.41, 5.74) is 10.7. The Balaban J connectivity index is 1.99. The van der Waals surface area contributed by atoms with Gasteiger partial charge in [-0.3, -0.25) is 0 Å². The van der Waals surface area contributed by atoms with Crippen LogP contribution in [0.1, 0.15) is 18.1 Å². The average Bonchev–Trinajstić information content (AvgIpc) is 2.73. The quantitative estimate of drug-likeness (QED) is 0.639. The van der Waals surface area contributed by atoms with Crippen molar-refractivity contribution in [3.8, 4) is 34.1 Å². The van der Waals surface area contributed by atoms with Gasteiger partial charge in [0.15, 0.2) is 6.61 Å². The van der Waals surface area contributed by atoms with E-state index in [2.05, 4.69) is 11.1 Å². The van der Waals surface area contributed by atoms with Gasteiger partial charge in [0.05, 0.1) is 6.61 Å². The average molecular weight is 387 g/mol. The summed E-state index contributed by atoms with van der Waals surface area (Å²) in [4.78, 5) is 15.6. The summed E-state index contributed by atoms with van der Waals surface area (Å²) in [7, 11) is 0. The van der Waals surface area contributed by atoms with Crippen molar-refractivity contribution in [1.82, 2.24) is 4.98 Å². The molecule has 3 rings (SSSR count). The van der Waals surface area contributed by atoms with Crippen molar-refractivity contribution in [2.45, 2.75) is 13.8 Å². The number of aryl methyl sites for hydroxylation is 1. The Labute approximate surface area is 169 Å². The molecule has 0 aliphatic carbocycles. The number of carbonyl (C=O) groups is 1. The minimum absolute atomic E-state index is 0.159. The van der Waals surface area contributed by atoms with Gasteiger partial charge in [-0.2, -0.15) is 5.26 Å². The van der Waals surface area contributed by atoms with E-state index in [-0.39, 0.29) is 12.4 Å². The highest BCUT2D eigenvalue weighted by molar-refractivity contribution is 5.89. The first-order valence-electron chi connectivity index (χ1n) is 9.18. The fourth-order valence-electron chi connectivity index (χ4n) is 2.95. The third-order valence-electron chi connectivity index (χ3n) is 4.39. The number of pyridine rings is 1. The lowest BCUT2D eigenvalue weighted by molar-refractivity contribution is -0.145. The van der Waals surface area contributed by atoms with Crippen LogP contribution < -0.4 is 10.5 Å². The van der Waals surface area contributed by atoms with Crippen molar-refractivity contribution in [2.24, 2.45) is 0 Å². The molecule has 0 radical (unpaired) electrons. The van der Waals surface area contributed by atoms with Gasteiger partial charge >= 0.3 is 5.97 Å². The van der Waals surface area contributed by atoms with E-state index < -0.39 is 5.97 Å². The summed E-state index contributed by atoms with van der Waals surface area (Å²) in [5, 5.41) is 9.68. The molecular formula is C23H21N3O3. The zero-order chi connectivity index (χ0) is 20.8. The van der Waals surface area contributed by atoms with E-state index in [0.29, 0.717) is 23.5 Å². The molecule has 0 aliphatic heterocycles. The van der Waals surface area contributed by atoms with E-state index in [0.717, 1.165) is 22.3 Å². The standard InChI is InChI=1S/C23H21N3O3/c1-3-28-21(27)14-29-18-10-8-17(9-11-18)22-19(12-24)23(25)26-13-20(22)16-6-4-15(2)5-7-16/h4-11,13H,3,14H2,1-2H3,(H2,25,26). The molecule has 0 spiro atoms. The number of hydrogen-bond acceptors (Lipinski definition) is 6. The molecule has 6 heteroatoms. The molecule has 3 aromatic rings. The first-order chi connectivity index (χ1) is 14.0. The Hall–Kier alpha value is -3.85. The fourth-order valence-corrected chi connectivity index (χ4v) is 2.95. The van der Waals surface area contributed by atoms with Crippen LogP contribution in [-0.2, 0) is 9.53 Å².